The highest BCUT2D eigenvalue weighted by Crippen LogP contribution is 2.33. The van der Waals surface area contributed by atoms with E-state index in [9.17, 15) is 18.4 Å². The van der Waals surface area contributed by atoms with Crippen molar-refractivity contribution in [3.8, 4) is 0 Å². The van der Waals surface area contributed by atoms with E-state index in [-0.39, 0.29) is 16.4 Å². The van der Waals surface area contributed by atoms with Crippen LogP contribution in [0.25, 0.3) is 0 Å². The fraction of sp³-hybridized carbons (Fsp3) is 0.308. The van der Waals surface area contributed by atoms with Gasteiger partial charge in [0.2, 0.25) is 0 Å². The number of rotatable bonds is 10. The second-order valence-corrected chi connectivity index (χ2v) is 10.7. The molecule has 2 aromatic carbocycles. The highest BCUT2D eigenvalue weighted by Gasteiger charge is 2.22. The predicted octanol–water partition coefficient (Wildman–Crippen LogP) is 4.65. The summed E-state index contributed by atoms with van der Waals surface area (Å²) in [5.41, 5.74) is 3.59. The predicted molar refractivity (Wildman–Crippen MR) is 138 cm³/mol. The van der Waals surface area contributed by atoms with E-state index in [1.165, 1.54) is 16.9 Å². The first kappa shape index (κ1) is 26.7. The lowest BCUT2D eigenvalue weighted by molar-refractivity contribution is 0.138. The Morgan fingerprint density at radius 3 is 2.46 bits per heavy atom. The number of oxime groups is 1. The van der Waals surface area contributed by atoms with Gasteiger partial charge in [-0.2, -0.15) is 0 Å². The second kappa shape index (κ2) is 11.7. The Balaban J connectivity index is 2.02. The van der Waals surface area contributed by atoms with Crippen LogP contribution in [0.1, 0.15) is 41.5 Å². The lowest BCUT2D eigenvalue weighted by atomic mass is 9.83. The Morgan fingerprint density at radius 1 is 1.14 bits per heavy atom. The van der Waals surface area contributed by atoms with Crippen LogP contribution in [0.5, 0.6) is 0 Å². The van der Waals surface area contributed by atoms with Crippen molar-refractivity contribution < 1.29 is 18.4 Å². The lowest BCUT2D eigenvalue weighted by Gasteiger charge is -2.21. The van der Waals surface area contributed by atoms with Gasteiger partial charge in [0.15, 0.2) is 9.84 Å². The highest BCUT2D eigenvalue weighted by molar-refractivity contribution is 7.90. The molecule has 1 N–H and O–H groups in total. The number of ether oxygens (including phenoxy) is 1. The molecule has 9 heteroatoms. The number of aromatic nitrogens is 1. The van der Waals surface area contributed by atoms with Gasteiger partial charge in [-0.1, -0.05) is 35.0 Å². The molecule has 0 amide bonds. The molecule has 0 bridgehead atoms. The third kappa shape index (κ3) is 6.81. The first-order valence-corrected chi connectivity index (χ1v) is 13.5. The van der Waals surface area contributed by atoms with Crippen LogP contribution in [0.15, 0.2) is 75.6 Å². The maximum Gasteiger partial charge on any atom is 0.250 e. The third-order valence-electron chi connectivity index (χ3n) is 5.83. The first-order chi connectivity index (χ1) is 16.6. The summed E-state index contributed by atoms with van der Waals surface area (Å²) >= 11 is 6.18. The molecule has 0 aliphatic heterocycles. The van der Waals surface area contributed by atoms with E-state index in [0.717, 1.165) is 16.7 Å². The molecule has 0 aliphatic carbocycles. The molecule has 35 heavy (non-hydrogen) atoms. The van der Waals surface area contributed by atoms with Crippen LogP contribution >= 0.6 is 11.6 Å². The number of aryl methyl sites for hydroxylation is 1. The number of sulfone groups is 1. The van der Waals surface area contributed by atoms with Crippen LogP contribution in [-0.4, -0.2) is 43.4 Å². The summed E-state index contributed by atoms with van der Waals surface area (Å²) in [6.07, 6.45) is 3.13. The van der Waals surface area contributed by atoms with Crippen molar-refractivity contribution >= 4 is 27.1 Å². The minimum absolute atomic E-state index is 0.174. The Kier molecular flexibility index (Phi) is 8.88. The van der Waals surface area contributed by atoms with E-state index < -0.39 is 9.84 Å². The van der Waals surface area contributed by atoms with Gasteiger partial charge >= 0.3 is 0 Å². The number of benzene rings is 2. The van der Waals surface area contributed by atoms with Gasteiger partial charge < -0.3 is 14.5 Å². The van der Waals surface area contributed by atoms with E-state index in [2.05, 4.69) is 5.16 Å². The average Bonchev–Trinajstić information content (AvgIpc) is 2.82. The van der Waals surface area contributed by atoms with Gasteiger partial charge in [-0.3, -0.25) is 4.79 Å². The smallest absolute Gasteiger partial charge is 0.250 e. The zero-order valence-corrected chi connectivity index (χ0v) is 21.5. The van der Waals surface area contributed by atoms with Gasteiger partial charge in [-0.05, 0) is 60.9 Å². The molecule has 3 rings (SSSR count). The summed E-state index contributed by atoms with van der Waals surface area (Å²) < 4.78 is 30.8. The number of hydrogen-bond acceptors (Lipinski definition) is 6. The number of nitrogens with zero attached hydrogens (tertiary/aromatic N) is 2. The van der Waals surface area contributed by atoms with Crippen molar-refractivity contribution in [2.45, 2.75) is 37.6 Å². The van der Waals surface area contributed by atoms with Gasteiger partial charge in [0, 0.05) is 54.6 Å². The van der Waals surface area contributed by atoms with Crippen LogP contribution in [-0.2, 0) is 21.1 Å². The second-order valence-electron chi connectivity index (χ2n) is 8.29. The van der Waals surface area contributed by atoms with Gasteiger partial charge in [-0.15, -0.1) is 0 Å². The average molecular weight is 517 g/mol. The molecule has 1 atom stereocenters. The standard InChI is InChI=1S/C26H29ClN2O5S/c1-4-34-14-13-29-17-20(7-12-26(29)30)25(28-31)16-24(23-11-8-21(27)15-18(23)2)19-5-9-22(10-6-19)35(3,32)33/h5-12,15,17,24,31H,4,13-14,16H2,1-3H3/b28-25+. The largest absolute Gasteiger partial charge is 0.411 e. The van der Waals surface area contributed by atoms with Gasteiger partial charge in [0.05, 0.1) is 17.2 Å². The van der Waals surface area contributed by atoms with Gasteiger partial charge in [0.25, 0.3) is 5.56 Å². The summed E-state index contributed by atoms with van der Waals surface area (Å²) in [4.78, 5) is 12.5. The molecule has 1 aromatic heterocycles. The fourth-order valence-corrected chi connectivity index (χ4v) is 4.84. The molecule has 0 fully saturated rings. The zero-order valence-electron chi connectivity index (χ0n) is 19.9. The quantitative estimate of drug-likeness (QED) is 0.183. The van der Waals surface area contributed by atoms with Crippen molar-refractivity contribution in [2.24, 2.45) is 5.16 Å². The van der Waals surface area contributed by atoms with Crippen LogP contribution in [0.4, 0.5) is 0 Å². The minimum Gasteiger partial charge on any atom is -0.411 e. The Hall–Kier alpha value is -2.94. The molecule has 0 saturated carbocycles. The van der Waals surface area contributed by atoms with E-state index in [1.54, 1.807) is 42.6 Å². The Labute approximate surface area is 210 Å². The molecule has 0 saturated heterocycles. The summed E-state index contributed by atoms with van der Waals surface area (Å²) in [7, 11) is -3.34. The monoisotopic (exact) mass is 516 g/mol. The van der Waals surface area contributed by atoms with Gasteiger partial charge in [-0.25, -0.2) is 8.42 Å². The Morgan fingerprint density at radius 2 is 1.86 bits per heavy atom. The molecular formula is C26H29ClN2O5S. The fourth-order valence-electron chi connectivity index (χ4n) is 3.98. The van der Waals surface area contributed by atoms with Crippen molar-refractivity contribution in [2.75, 3.05) is 19.5 Å². The molecule has 3 aromatic rings. The molecule has 186 valence electrons. The highest BCUT2D eigenvalue weighted by atomic mass is 35.5. The van der Waals surface area contributed by atoms with Crippen LogP contribution in [0.2, 0.25) is 5.02 Å². The topological polar surface area (TPSA) is 98.0 Å². The molecule has 1 unspecified atom stereocenters. The van der Waals surface area contributed by atoms with Crippen LogP contribution < -0.4 is 5.56 Å². The van der Waals surface area contributed by atoms with Crippen molar-refractivity contribution in [1.82, 2.24) is 4.57 Å². The summed E-state index contributed by atoms with van der Waals surface area (Å²) in [6.45, 7) is 5.16. The zero-order chi connectivity index (χ0) is 25.6. The molecule has 0 aliphatic rings. The number of pyridine rings is 1. The van der Waals surface area contributed by atoms with Crippen LogP contribution in [0.3, 0.4) is 0 Å². The SMILES string of the molecule is CCOCCn1cc(/C(CC(c2ccc(S(C)(=O)=O)cc2)c2ccc(Cl)cc2C)=N/O)ccc1=O. The lowest BCUT2D eigenvalue weighted by Crippen LogP contribution is -2.23. The van der Waals surface area contributed by atoms with Crippen molar-refractivity contribution in [3.63, 3.8) is 0 Å². The van der Waals surface area contributed by atoms with E-state index in [0.29, 0.717) is 42.5 Å². The molecular weight excluding hydrogens is 488 g/mol. The maximum absolute atomic E-state index is 12.3. The van der Waals surface area contributed by atoms with Crippen LogP contribution in [0, 0.1) is 6.92 Å². The molecule has 7 nitrogen and oxygen atoms in total. The molecule has 0 spiro atoms. The molecule has 1 heterocycles. The van der Waals surface area contributed by atoms with E-state index in [4.69, 9.17) is 16.3 Å². The Bertz CT molecular complexity index is 1370. The minimum atomic E-state index is -3.34. The number of halogens is 1. The molecule has 0 radical (unpaired) electrons. The van der Waals surface area contributed by atoms with Gasteiger partial charge in [0.1, 0.15) is 0 Å². The van der Waals surface area contributed by atoms with Crippen molar-refractivity contribution in [1.29, 1.82) is 0 Å². The van der Waals surface area contributed by atoms with Crippen molar-refractivity contribution in [3.05, 3.63) is 98.4 Å². The maximum atomic E-state index is 12.3. The van der Waals surface area contributed by atoms with E-state index in [1.807, 2.05) is 26.0 Å². The summed E-state index contributed by atoms with van der Waals surface area (Å²) in [6, 6.07) is 15.3. The first-order valence-electron chi connectivity index (χ1n) is 11.2. The van der Waals surface area contributed by atoms with E-state index >= 15 is 0 Å². The summed E-state index contributed by atoms with van der Waals surface area (Å²) in [5, 5.41) is 14.1. The normalized spacial score (nSPS) is 13.1. The third-order valence-corrected chi connectivity index (χ3v) is 7.20. The number of hydrogen-bond donors (Lipinski definition) is 1. The summed E-state index contributed by atoms with van der Waals surface area (Å²) in [5.74, 6) is -0.254.